The molecular weight excluding hydrogens is 268 g/mol. The van der Waals surface area contributed by atoms with Gasteiger partial charge in [0.1, 0.15) is 5.82 Å². The zero-order valence-electron chi connectivity index (χ0n) is 13.0. The van der Waals surface area contributed by atoms with E-state index >= 15 is 0 Å². The van der Waals surface area contributed by atoms with Crippen LogP contribution in [0.15, 0.2) is 72.9 Å². The van der Waals surface area contributed by atoms with Crippen LogP contribution in [0.4, 0.5) is 5.82 Å². The maximum absolute atomic E-state index is 4.49. The lowest BCUT2D eigenvalue weighted by Crippen LogP contribution is -2.15. The molecule has 1 unspecified atom stereocenters. The van der Waals surface area contributed by atoms with Crippen LogP contribution >= 0.6 is 0 Å². The lowest BCUT2D eigenvalue weighted by Gasteiger charge is -2.23. The molecule has 1 atom stereocenters. The Morgan fingerprint density at radius 2 is 1.45 bits per heavy atom. The molecule has 0 amide bonds. The molecular formula is C20H20N2. The Labute approximate surface area is 131 Å². The highest BCUT2D eigenvalue weighted by Crippen LogP contribution is 2.29. The van der Waals surface area contributed by atoms with Gasteiger partial charge in [-0.1, -0.05) is 60.7 Å². The first-order valence-corrected chi connectivity index (χ1v) is 7.54. The van der Waals surface area contributed by atoms with Crippen LogP contribution in [0.25, 0.3) is 0 Å². The number of anilines is 1. The van der Waals surface area contributed by atoms with Crippen LogP contribution in [0.1, 0.15) is 28.3 Å². The number of hydrogen-bond acceptors (Lipinski definition) is 2. The molecule has 2 aromatic carbocycles. The second kappa shape index (κ2) is 6.44. The van der Waals surface area contributed by atoms with E-state index in [9.17, 15) is 0 Å². The number of aryl methyl sites for hydroxylation is 2. The van der Waals surface area contributed by atoms with E-state index in [0.29, 0.717) is 0 Å². The molecule has 0 saturated carbocycles. The van der Waals surface area contributed by atoms with Crippen molar-refractivity contribution in [1.29, 1.82) is 0 Å². The van der Waals surface area contributed by atoms with Gasteiger partial charge in [0.25, 0.3) is 0 Å². The van der Waals surface area contributed by atoms with Crippen LogP contribution < -0.4 is 5.32 Å². The zero-order valence-corrected chi connectivity index (χ0v) is 13.0. The van der Waals surface area contributed by atoms with Gasteiger partial charge in [-0.25, -0.2) is 4.98 Å². The van der Waals surface area contributed by atoms with Crippen molar-refractivity contribution < 1.29 is 0 Å². The van der Waals surface area contributed by atoms with E-state index in [1.807, 2.05) is 18.3 Å². The van der Waals surface area contributed by atoms with Gasteiger partial charge in [0.15, 0.2) is 0 Å². The Kier molecular flexibility index (Phi) is 4.19. The standard InChI is InChI=1S/C20H20N2/c1-15-9-6-7-13-18(15)19(17-11-4-3-5-12-17)22-20-16(2)10-8-14-21-20/h3-14,19H,1-2H3,(H,21,22). The van der Waals surface area contributed by atoms with Gasteiger partial charge in [0, 0.05) is 6.20 Å². The number of hydrogen-bond donors (Lipinski definition) is 1. The van der Waals surface area contributed by atoms with E-state index in [4.69, 9.17) is 0 Å². The second-order valence-electron chi connectivity index (χ2n) is 5.51. The average Bonchev–Trinajstić information content (AvgIpc) is 2.56. The van der Waals surface area contributed by atoms with E-state index < -0.39 is 0 Å². The summed E-state index contributed by atoms with van der Waals surface area (Å²) in [6, 6.07) is 23.1. The molecule has 110 valence electrons. The molecule has 1 heterocycles. The smallest absolute Gasteiger partial charge is 0.129 e. The van der Waals surface area contributed by atoms with E-state index in [2.05, 4.69) is 78.7 Å². The summed E-state index contributed by atoms with van der Waals surface area (Å²) in [4.78, 5) is 4.49. The molecule has 0 aliphatic heterocycles. The van der Waals surface area contributed by atoms with Crippen molar-refractivity contribution in [3.8, 4) is 0 Å². The van der Waals surface area contributed by atoms with Crippen molar-refractivity contribution in [3.05, 3.63) is 95.2 Å². The molecule has 2 heteroatoms. The summed E-state index contributed by atoms with van der Waals surface area (Å²) in [7, 11) is 0. The van der Waals surface area contributed by atoms with Gasteiger partial charge in [-0.3, -0.25) is 0 Å². The van der Waals surface area contributed by atoms with Gasteiger partial charge in [0.05, 0.1) is 6.04 Å². The van der Waals surface area contributed by atoms with Crippen LogP contribution in [-0.2, 0) is 0 Å². The predicted molar refractivity (Wildman–Crippen MR) is 92.1 cm³/mol. The summed E-state index contributed by atoms with van der Waals surface area (Å²) in [5.41, 5.74) is 4.94. The molecule has 0 fully saturated rings. The first-order chi connectivity index (χ1) is 10.8. The lowest BCUT2D eigenvalue weighted by atomic mass is 9.95. The molecule has 0 saturated heterocycles. The Bertz CT molecular complexity index is 750. The largest absolute Gasteiger partial charge is 0.359 e. The summed E-state index contributed by atoms with van der Waals surface area (Å²) >= 11 is 0. The minimum absolute atomic E-state index is 0.0935. The SMILES string of the molecule is Cc1ccccc1C(Nc1ncccc1C)c1ccccc1. The van der Waals surface area contributed by atoms with E-state index in [0.717, 1.165) is 11.4 Å². The highest BCUT2D eigenvalue weighted by Gasteiger charge is 2.16. The molecule has 0 bridgehead atoms. The number of aromatic nitrogens is 1. The van der Waals surface area contributed by atoms with Crippen molar-refractivity contribution in [3.63, 3.8) is 0 Å². The number of pyridine rings is 1. The van der Waals surface area contributed by atoms with Crippen molar-refractivity contribution >= 4 is 5.82 Å². The maximum atomic E-state index is 4.49. The molecule has 3 aromatic rings. The molecule has 22 heavy (non-hydrogen) atoms. The third-order valence-electron chi connectivity index (χ3n) is 3.92. The molecule has 0 spiro atoms. The molecule has 0 aliphatic carbocycles. The van der Waals surface area contributed by atoms with Crippen LogP contribution in [0.2, 0.25) is 0 Å². The fourth-order valence-electron chi connectivity index (χ4n) is 2.67. The van der Waals surface area contributed by atoms with E-state index in [1.54, 1.807) is 0 Å². The minimum Gasteiger partial charge on any atom is -0.359 e. The van der Waals surface area contributed by atoms with Gasteiger partial charge in [-0.15, -0.1) is 0 Å². The second-order valence-corrected chi connectivity index (χ2v) is 5.51. The molecule has 0 aliphatic rings. The molecule has 1 aromatic heterocycles. The van der Waals surface area contributed by atoms with Crippen LogP contribution in [-0.4, -0.2) is 4.98 Å². The maximum Gasteiger partial charge on any atom is 0.129 e. The molecule has 1 N–H and O–H groups in total. The fraction of sp³-hybridized carbons (Fsp3) is 0.150. The highest BCUT2D eigenvalue weighted by atomic mass is 15.0. The highest BCUT2D eigenvalue weighted by molar-refractivity contribution is 5.50. The fourth-order valence-corrected chi connectivity index (χ4v) is 2.67. The first-order valence-electron chi connectivity index (χ1n) is 7.54. The number of nitrogens with one attached hydrogen (secondary N) is 1. The zero-order chi connectivity index (χ0) is 15.4. The van der Waals surface area contributed by atoms with Crippen molar-refractivity contribution in [2.75, 3.05) is 5.32 Å². The van der Waals surface area contributed by atoms with Crippen LogP contribution in [0.3, 0.4) is 0 Å². The third kappa shape index (κ3) is 3.01. The summed E-state index contributed by atoms with van der Waals surface area (Å²) in [6.07, 6.45) is 1.83. The topological polar surface area (TPSA) is 24.9 Å². The average molecular weight is 288 g/mol. The Balaban J connectivity index is 2.05. The van der Waals surface area contributed by atoms with Crippen molar-refractivity contribution in [1.82, 2.24) is 4.98 Å². The van der Waals surface area contributed by atoms with Gasteiger partial charge >= 0.3 is 0 Å². The summed E-state index contributed by atoms with van der Waals surface area (Å²) < 4.78 is 0. The first kappa shape index (κ1) is 14.3. The number of benzene rings is 2. The Morgan fingerprint density at radius 1 is 0.773 bits per heavy atom. The van der Waals surface area contributed by atoms with E-state index in [1.165, 1.54) is 16.7 Å². The molecule has 0 radical (unpaired) electrons. The Morgan fingerprint density at radius 3 is 2.18 bits per heavy atom. The Hall–Kier alpha value is -2.61. The quantitative estimate of drug-likeness (QED) is 0.738. The minimum atomic E-state index is 0.0935. The monoisotopic (exact) mass is 288 g/mol. The van der Waals surface area contributed by atoms with Crippen LogP contribution in [0.5, 0.6) is 0 Å². The van der Waals surface area contributed by atoms with Crippen molar-refractivity contribution in [2.24, 2.45) is 0 Å². The van der Waals surface area contributed by atoms with Crippen molar-refractivity contribution in [2.45, 2.75) is 19.9 Å². The lowest BCUT2D eigenvalue weighted by molar-refractivity contribution is 0.911. The van der Waals surface area contributed by atoms with Gasteiger partial charge < -0.3 is 5.32 Å². The van der Waals surface area contributed by atoms with Gasteiger partial charge in [-0.05, 0) is 42.2 Å². The predicted octanol–water partition coefficient (Wildman–Crippen LogP) is 4.90. The molecule has 3 rings (SSSR count). The number of rotatable bonds is 4. The van der Waals surface area contributed by atoms with Gasteiger partial charge in [0.2, 0.25) is 0 Å². The normalized spacial score (nSPS) is 11.9. The van der Waals surface area contributed by atoms with E-state index in [-0.39, 0.29) is 6.04 Å². The summed E-state index contributed by atoms with van der Waals surface area (Å²) in [5.74, 6) is 0.930. The summed E-state index contributed by atoms with van der Waals surface area (Å²) in [6.45, 7) is 4.23. The van der Waals surface area contributed by atoms with Crippen LogP contribution in [0, 0.1) is 13.8 Å². The third-order valence-corrected chi connectivity index (χ3v) is 3.92. The van der Waals surface area contributed by atoms with Gasteiger partial charge in [-0.2, -0.15) is 0 Å². The number of nitrogens with zero attached hydrogens (tertiary/aromatic N) is 1. The summed E-state index contributed by atoms with van der Waals surface area (Å²) in [5, 5.41) is 3.61. The molecule has 2 nitrogen and oxygen atoms in total.